The van der Waals surface area contributed by atoms with Crippen molar-refractivity contribution in [2.75, 3.05) is 13.1 Å². The molecule has 0 saturated carbocycles. The number of hydrogen-bond acceptors (Lipinski definition) is 6. The monoisotopic (exact) mass is 298 g/mol. The highest BCUT2D eigenvalue weighted by Crippen LogP contribution is 2.11. The van der Waals surface area contributed by atoms with Gasteiger partial charge in [0.2, 0.25) is 0 Å². The molecule has 0 unspecified atom stereocenters. The Kier molecular flexibility index (Phi) is 5.39. The number of amides is 1. The van der Waals surface area contributed by atoms with Gasteiger partial charge in [-0.2, -0.15) is 5.10 Å². The van der Waals surface area contributed by atoms with Crippen LogP contribution in [0.3, 0.4) is 0 Å². The van der Waals surface area contributed by atoms with Gasteiger partial charge in [0, 0.05) is 6.54 Å². The molecule has 0 radical (unpaired) electrons. The maximum atomic E-state index is 11.9. The van der Waals surface area contributed by atoms with Gasteiger partial charge in [0.25, 0.3) is 0 Å². The second-order valence-corrected chi connectivity index (χ2v) is 5.31. The lowest BCUT2D eigenvalue weighted by Gasteiger charge is -2.26. The van der Waals surface area contributed by atoms with Crippen molar-refractivity contribution in [1.29, 1.82) is 0 Å². The van der Waals surface area contributed by atoms with E-state index in [9.17, 15) is 19.7 Å². The molecule has 1 amide bonds. The van der Waals surface area contributed by atoms with Gasteiger partial charge in [0.1, 0.15) is 24.3 Å². The van der Waals surface area contributed by atoms with Crippen molar-refractivity contribution in [2.45, 2.75) is 32.9 Å². The molecule has 9 heteroatoms. The summed E-state index contributed by atoms with van der Waals surface area (Å²) >= 11 is 0. The quantitative estimate of drug-likeness (QED) is 0.444. The van der Waals surface area contributed by atoms with E-state index in [1.165, 1.54) is 15.8 Å². The Morgan fingerprint density at radius 2 is 2.24 bits per heavy atom. The Morgan fingerprint density at radius 1 is 1.57 bits per heavy atom. The third kappa shape index (κ3) is 5.59. The fourth-order valence-electron chi connectivity index (χ4n) is 1.47. The van der Waals surface area contributed by atoms with E-state index < -0.39 is 16.6 Å². The van der Waals surface area contributed by atoms with Crippen LogP contribution in [-0.2, 0) is 16.1 Å². The number of carbonyl (C=O) groups is 2. The standard InChI is InChI=1S/C12H18N4O5/c1-12(2,3)21-11(18)14(6-7-17)4-5-15-9-10(8-13-15)16(19)20/h7-9H,4-6H2,1-3H3. The van der Waals surface area contributed by atoms with E-state index in [-0.39, 0.29) is 25.3 Å². The van der Waals surface area contributed by atoms with Crippen molar-refractivity contribution in [3.63, 3.8) is 0 Å². The minimum absolute atomic E-state index is 0.113. The molecule has 1 aromatic rings. The van der Waals surface area contributed by atoms with Crippen LogP contribution >= 0.6 is 0 Å². The van der Waals surface area contributed by atoms with Gasteiger partial charge in [0.05, 0.1) is 18.0 Å². The molecule has 1 rings (SSSR count). The van der Waals surface area contributed by atoms with E-state index in [4.69, 9.17) is 4.74 Å². The number of nitro groups is 1. The van der Waals surface area contributed by atoms with Crippen molar-refractivity contribution >= 4 is 18.1 Å². The highest BCUT2D eigenvalue weighted by atomic mass is 16.6. The SMILES string of the molecule is CC(C)(C)OC(=O)N(CC=O)CCn1cc([N+](=O)[O-])cn1. The summed E-state index contributed by atoms with van der Waals surface area (Å²) in [6.45, 7) is 5.44. The summed E-state index contributed by atoms with van der Waals surface area (Å²) in [5.74, 6) is 0. The number of nitrogens with zero attached hydrogens (tertiary/aromatic N) is 4. The van der Waals surface area contributed by atoms with Crippen LogP contribution in [0.5, 0.6) is 0 Å². The van der Waals surface area contributed by atoms with Gasteiger partial charge in [-0.1, -0.05) is 0 Å². The lowest BCUT2D eigenvalue weighted by molar-refractivity contribution is -0.385. The number of rotatable bonds is 6. The molecule has 21 heavy (non-hydrogen) atoms. The van der Waals surface area contributed by atoms with Crippen LogP contribution < -0.4 is 0 Å². The lowest BCUT2D eigenvalue weighted by atomic mass is 10.2. The zero-order valence-electron chi connectivity index (χ0n) is 12.2. The normalized spacial score (nSPS) is 11.0. The maximum Gasteiger partial charge on any atom is 0.410 e. The second kappa shape index (κ2) is 6.82. The first-order valence-electron chi connectivity index (χ1n) is 6.31. The fraction of sp³-hybridized carbons (Fsp3) is 0.583. The molecule has 0 N–H and O–H groups in total. The van der Waals surface area contributed by atoms with Gasteiger partial charge in [-0.05, 0) is 20.8 Å². The molecule has 0 bridgehead atoms. The summed E-state index contributed by atoms with van der Waals surface area (Å²) in [6, 6.07) is 0. The molecule has 0 fully saturated rings. The number of ether oxygens (including phenoxy) is 1. The zero-order chi connectivity index (χ0) is 16.0. The summed E-state index contributed by atoms with van der Waals surface area (Å²) < 4.78 is 6.51. The van der Waals surface area contributed by atoms with Crippen LogP contribution in [0.25, 0.3) is 0 Å². The number of aldehydes is 1. The molecular weight excluding hydrogens is 280 g/mol. The molecule has 116 valence electrons. The molecule has 1 aromatic heterocycles. The predicted molar refractivity (Wildman–Crippen MR) is 72.8 cm³/mol. The van der Waals surface area contributed by atoms with Gasteiger partial charge < -0.3 is 9.53 Å². The van der Waals surface area contributed by atoms with Crippen molar-refractivity contribution in [3.05, 3.63) is 22.5 Å². The molecule has 0 atom stereocenters. The van der Waals surface area contributed by atoms with Crippen LogP contribution in [0.2, 0.25) is 0 Å². The van der Waals surface area contributed by atoms with Gasteiger partial charge >= 0.3 is 11.8 Å². The molecule has 0 aliphatic carbocycles. The highest BCUT2D eigenvalue weighted by molar-refractivity contribution is 5.71. The van der Waals surface area contributed by atoms with E-state index in [2.05, 4.69) is 5.10 Å². The Labute approximate surface area is 121 Å². The Bertz CT molecular complexity index is 520. The average molecular weight is 298 g/mol. The smallest absolute Gasteiger partial charge is 0.410 e. The molecule has 0 aliphatic heterocycles. The van der Waals surface area contributed by atoms with Crippen LogP contribution in [0.4, 0.5) is 10.5 Å². The zero-order valence-corrected chi connectivity index (χ0v) is 12.2. The molecule has 0 aromatic carbocycles. The minimum atomic E-state index is -0.664. The van der Waals surface area contributed by atoms with Crippen LogP contribution in [0, 0.1) is 10.1 Å². The second-order valence-electron chi connectivity index (χ2n) is 5.31. The summed E-state index contributed by atoms with van der Waals surface area (Å²) in [7, 11) is 0. The summed E-state index contributed by atoms with van der Waals surface area (Å²) in [5.41, 5.74) is -0.794. The fourth-order valence-corrected chi connectivity index (χ4v) is 1.47. The van der Waals surface area contributed by atoms with Crippen molar-refractivity contribution in [2.24, 2.45) is 0 Å². The van der Waals surface area contributed by atoms with Crippen molar-refractivity contribution < 1.29 is 19.2 Å². The largest absolute Gasteiger partial charge is 0.444 e. The van der Waals surface area contributed by atoms with Gasteiger partial charge in [-0.3, -0.25) is 19.7 Å². The van der Waals surface area contributed by atoms with E-state index in [0.29, 0.717) is 6.29 Å². The third-order valence-corrected chi connectivity index (χ3v) is 2.38. The molecule has 1 heterocycles. The van der Waals surface area contributed by atoms with E-state index in [0.717, 1.165) is 6.20 Å². The lowest BCUT2D eigenvalue weighted by Crippen LogP contribution is -2.39. The summed E-state index contributed by atoms with van der Waals surface area (Å²) in [5, 5.41) is 14.4. The molecule has 0 aliphatic rings. The first-order chi connectivity index (χ1) is 9.73. The molecular formula is C12H18N4O5. The molecule has 9 nitrogen and oxygen atoms in total. The van der Waals surface area contributed by atoms with Crippen LogP contribution in [0.15, 0.2) is 12.4 Å². The highest BCUT2D eigenvalue weighted by Gasteiger charge is 2.22. The Morgan fingerprint density at radius 3 is 2.71 bits per heavy atom. The number of hydrogen-bond donors (Lipinski definition) is 0. The Balaban J connectivity index is 2.63. The van der Waals surface area contributed by atoms with Gasteiger partial charge in [-0.15, -0.1) is 0 Å². The topological polar surface area (TPSA) is 108 Å². The van der Waals surface area contributed by atoms with E-state index >= 15 is 0 Å². The maximum absolute atomic E-state index is 11.9. The van der Waals surface area contributed by atoms with Crippen LogP contribution in [0.1, 0.15) is 20.8 Å². The molecule has 0 saturated heterocycles. The van der Waals surface area contributed by atoms with Crippen molar-refractivity contribution in [3.8, 4) is 0 Å². The van der Waals surface area contributed by atoms with Gasteiger partial charge in [0.15, 0.2) is 0 Å². The third-order valence-electron chi connectivity index (χ3n) is 2.38. The van der Waals surface area contributed by atoms with E-state index in [1.807, 2.05) is 0 Å². The van der Waals surface area contributed by atoms with Crippen LogP contribution in [-0.4, -0.2) is 50.7 Å². The summed E-state index contributed by atoms with van der Waals surface area (Å²) in [6.07, 6.45) is 2.36. The van der Waals surface area contributed by atoms with Gasteiger partial charge in [-0.25, -0.2) is 4.79 Å². The first kappa shape index (κ1) is 16.6. The first-order valence-corrected chi connectivity index (χ1v) is 6.31. The predicted octanol–water partition coefficient (Wildman–Crippen LogP) is 1.23. The average Bonchev–Trinajstić information content (AvgIpc) is 2.81. The minimum Gasteiger partial charge on any atom is -0.444 e. The summed E-state index contributed by atoms with van der Waals surface area (Å²) in [4.78, 5) is 33.7. The van der Waals surface area contributed by atoms with Crippen molar-refractivity contribution in [1.82, 2.24) is 14.7 Å². The number of aromatic nitrogens is 2. The molecule has 0 spiro atoms. The number of carbonyl (C=O) groups excluding carboxylic acids is 2. The van der Waals surface area contributed by atoms with E-state index in [1.54, 1.807) is 20.8 Å². The Hall–Kier alpha value is -2.45.